The second kappa shape index (κ2) is 4.78. The van der Waals surface area contributed by atoms with Gasteiger partial charge in [-0.15, -0.1) is 0 Å². The number of aliphatic hydroxyl groups excluding tert-OH is 1. The van der Waals surface area contributed by atoms with Crippen LogP contribution in [0.3, 0.4) is 0 Å². The van der Waals surface area contributed by atoms with Gasteiger partial charge in [-0.05, 0) is 23.8 Å². The second-order valence-electron chi connectivity index (χ2n) is 3.78. The molecule has 0 radical (unpaired) electrons. The predicted molar refractivity (Wildman–Crippen MR) is 64.0 cm³/mol. The minimum absolute atomic E-state index is 0.0416. The summed E-state index contributed by atoms with van der Waals surface area (Å²) >= 11 is 2.86. The molecule has 18 heavy (non-hydrogen) atoms. The van der Waals surface area contributed by atoms with E-state index in [0.717, 1.165) is 6.07 Å². The molecule has 1 unspecified atom stereocenters. The molecule has 1 heterocycles. The standard InChI is InChI=1S/C12H9BrF3NO/c13-10-2-1-7(5-9(10)12(14,15)16)11(18)8-3-4-17-6-8/h1-6,11,17-18H. The molecule has 2 rings (SSSR count). The Morgan fingerprint density at radius 1 is 1.17 bits per heavy atom. The molecule has 0 aliphatic rings. The Labute approximate surface area is 110 Å². The van der Waals surface area contributed by atoms with Crippen LogP contribution in [0.15, 0.2) is 41.1 Å². The zero-order valence-corrected chi connectivity index (χ0v) is 10.6. The van der Waals surface area contributed by atoms with Crippen molar-refractivity contribution in [2.24, 2.45) is 0 Å². The quantitative estimate of drug-likeness (QED) is 0.866. The van der Waals surface area contributed by atoms with Gasteiger partial charge in [-0.3, -0.25) is 0 Å². The number of H-pyrrole nitrogens is 1. The Balaban J connectivity index is 2.42. The molecule has 2 nitrogen and oxygen atoms in total. The van der Waals surface area contributed by atoms with Crippen LogP contribution < -0.4 is 0 Å². The SMILES string of the molecule is OC(c1cc[nH]c1)c1ccc(Br)c(C(F)(F)F)c1. The maximum absolute atomic E-state index is 12.7. The zero-order chi connectivity index (χ0) is 13.3. The normalized spacial score (nSPS) is 13.6. The van der Waals surface area contributed by atoms with Gasteiger partial charge in [0.2, 0.25) is 0 Å². The topological polar surface area (TPSA) is 36.0 Å². The van der Waals surface area contributed by atoms with Crippen LogP contribution in [0.2, 0.25) is 0 Å². The minimum Gasteiger partial charge on any atom is -0.384 e. The van der Waals surface area contributed by atoms with E-state index in [0.29, 0.717) is 5.56 Å². The van der Waals surface area contributed by atoms with E-state index < -0.39 is 17.8 Å². The highest BCUT2D eigenvalue weighted by molar-refractivity contribution is 9.10. The maximum atomic E-state index is 12.7. The molecule has 1 aromatic carbocycles. The van der Waals surface area contributed by atoms with E-state index >= 15 is 0 Å². The third kappa shape index (κ3) is 2.59. The summed E-state index contributed by atoms with van der Waals surface area (Å²) in [5, 5.41) is 9.96. The Kier molecular flexibility index (Phi) is 3.49. The van der Waals surface area contributed by atoms with Crippen molar-refractivity contribution in [1.29, 1.82) is 0 Å². The molecule has 1 atom stereocenters. The molecule has 2 aromatic rings. The van der Waals surface area contributed by atoms with E-state index in [1.807, 2.05) is 0 Å². The number of nitrogens with one attached hydrogen (secondary N) is 1. The lowest BCUT2D eigenvalue weighted by molar-refractivity contribution is -0.138. The fourth-order valence-electron chi connectivity index (χ4n) is 1.63. The average Bonchev–Trinajstić information content (AvgIpc) is 2.80. The molecule has 1 aromatic heterocycles. The van der Waals surface area contributed by atoms with Crippen LogP contribution in [-0.4, -0.2) is 10.1 Å². The fraction of sp³-hybridized carbons (Fsp3) is 0.167. The monoisotopic (exact) mass is 319 g/mol. The largest absolute Gasteiger partial charge is 0.417 e. The first-order valence-electron chi connectivity index (χ1n) is 5.07. The molecular weight excluding hydrogens is 311 g/mol. The fourth-order valence-corrected chi connectivity index (χ4v) is 2.10. The van der Waals surface area contributed by atoms with E-state index in [-0.39, 0.29) is 10.0 Å². The summed E-state index contributed by atoms with van der Waals surface area (Å²) < 4.78 is 38.1. The summed E-state index contributed by atoms with van der Waals surface area (Å²) in [6.07, 6.45) is -2.39. The van der Waals surface area contributed by atoms with Crippen LogP contribution in [0, 0.1) is 0 Å². The number of benzene rings is 1. The van der Waals surface area contributed by atoms with Gasteiger partial charge >= 0.3 is 6.18 Å². The lowest BCUT2D eigenvalue weighted by Gasteiger charge is -2.14. The molecular formula is C12H9BrF3NO. The van der Waals surface area contributed by atoms with Crippen LogP contribution >= 0.6 is 15.9 Å². The van der Waals surface area contributed by atoms with Crippen LogP contribution in [0.4, 0.5) is 13.2 Å². The highest BCUT2D eigenvalue weighted by Crippen LogP contribution is 2.37. The van der Waals surface area contributed by atoms with Gasteiger partial charge in [0.15, 0.2) is 0 Å². The predicted octanol–water partition coefficient (Wildman–Crippen LogP) is 3.88. The van der Waals surface area contributed by atoms with Gasteiger partial charge < -0.3 is 10.1 Å². The van der Waals surface area contributed by atoms with Crippen molar-refractivity contribution in [3.8, 4) is 0 Å². The van der Waals surface area contributed by atoms with Gasteiger partial charge in [0.05, 0.1) is 5.56 Å². The molecule has 0 fully saturated rings. The number of hydrogen-bond donors (Lipinski definition) is 2. The van der Waals surface area contributed by atoms with Gasteiger partial charge in [0.25, 0.3) is 0 Å². The Bertz CT molecular complexity index is 537. The lowest BCUT2D eigenvalue weighted by Crippen LogP contribution is -2.08. The number of aliphatic hydroxyl groups is 1. The van der Waals surface area contributed by atoms with Crippen LogP contribution in [0.1, 0.15) is 22.8 Å². The number of hydrogen-bond acceptors (Lipinski definition) is 1. The van der Waals surface area contributed by atoms with Crippen LogP contribution in [-0.2, 0) is 6.18 Å². The molecule has 96 valence electrons. The smallest absolute Gasteiger partial charge is 0.384 e. The second-order valence-corrected chi connectivity index (χ2v) is 4.64. The molecule has 6 heteroatoms. The zero-order valence-electron chi connectivity index (χ0n) is 9.00. The summed E-state index contributed by atoms with van der Waals surface area (Å²) in [4.78, 5) is 2.75. The summed E-state index contributed by atoms with van der Waals surface area (Å²) in [5.41, 5.74) is -0.0786. The Morgan fingerprint density at radius 3 is 2.44 bits per heavy atom. The highest BCUT2D eigenvalue weighted by Gasteiger charge is 2.33. The highest BCUT2D eigenvalue weighted by atomic mass is 79.9. The number of halogens is 4. The van der Waals surface area contributed by atoms with Gasteiger partial charge in [0, 0.05) is 22.4 Å². The van der Waals surface area contributed by atoms with E-state index in [4.69, 9.17) is 0 Å². The molecule has 0 bridgehead atoms. The molecule has 0 amide bonds. The minimum atomic E-state index is -4.45. The van der Waals surface area contributed by atoms with Crippen LogP contribution in [0.5, 0.6) is 0 Å². The van der Waals surface area contributed by atoms with E-state index in [2.05, 4.69) is 20.9 Å². The number of rotatable bonds is 2. The van der Waals surface area contributed by atoms with Crippen molar-refractivity contribution in [1.82, 2.24) is 4.98 Å². The van der Waals surface area contributed by atoms with Crippen molar-refractivity contribution in [3.63, 3.8) is 0 Å². The first kappa shape index (κ1) is 13.2. The molecule has 0 spiro atoms. The Morgan fingerprint density at radius 2 is 1.89 bits per heavy atom. The van der Waals surface area contributed by atoms with E-state index in [1.54, 1.807) is 18.5 Å². The third-order valence-electron chi connectivity index (χ3n) is 2.55. The summed E-state index contributed by atoms with van der Waals surface area (Å²) in [7, 11) is 0. The number of aromatic nitrogens is 1. The summed E-state index contributed by atoms with van der Waals surface area (Å²) in [5.74, 6) is 0. The first-order chi connectivity index (χ1) is 8.39. The molecule has 2 N–H and O–H groups in total. The van der Waals surface area contributed by atoms with Gasteiger partial charge in [-0.1, -0.05) is 22.0 Å². The van der Waals surface area contributed by atoms with Gasteiger partial charge in [0.1, 0.15) is 6.10 Å². The number of aromatic amines is 1. The van der Waals surface area contributed by atoms with Crippen molar-refractivity contribution in [2.45, 2.75) is 12.3 Å². The van der Waals surface area contributed by atoms with Gasteiger partial charge in [-0.2, -0.15) is 13.2 Å². The number of alkyl halides is 3. The summed E-state index contributed by atoms with van der Waals surface area (Å²) in [6.45, 7) is 0. The molecule has 0 saturated heterocycles. The lowest BCUT2D eigenvalue weighted by atomic mass is 10.0. The molecule has 0 aliphatic carbocycles. The van der Waals surface area contributed by atoms with Crippen LogP contribution in [0.25, 0.3) is 0 Å². The average molecular weight is 320 g/mol. The van der Waals surface area contributed by atoms with Crippen molar-refractivity contribution >= 4 is 15.9 Å². The molecule has 0 saturated carbocycles. The molecule has 0 aliphatic heterocycles. The van der Waals surface area contributed by atoms with E-state index in [1.165, 1.54) is 12.1 Å². The van der Waals surface area contributed by atoms with Crippen molar-refractivity contribution < 1.29 is 18.3 Å². The van der Waals surface area contributed by atoms with E-state index in [9.17, 15) is 18.3 Å². The maximum Gasteiger partial charge on any atom is 0.417 e. The summed E-state index contributed by atoms with van der Waals surface area (Å²) in [6, 6.07) is 5.30. The van der Waals surface area contributed by atoms with Crippen molar-refractivity contribution in [3.05, 3.63) is 57.8 Å². The Hall–Kier alpha value is -1.27. The van der Waals surface area contributed by atoms with Crippen molar-refractivity contribution in [2.75, 3.05) is 0 Å². The first-order valence-corrected chi connectivity index (χ1v) is 5.86. The van der Waals surface area contributed by atoms with Gasteiger partial charge in [-0.25, -0.2) is 0 Å². The third-order valence-corrected chi connectivity index (χ3v) is 3.24.